The molecule has 3 aliphatic heterocycles. The van der Waals surface area contributed by atoms with Crippen LogP contribution in [0.2, 0.25) is 0 Å². The van der Waals surface area contributed by atoms with Crippen LogP contribution >= 0.6 is 0 Å². The van der Waals surface area contributed by atoms with Crippen molar-refractivity contribution >= 4 is 57.8 Å². The van der Waals surface area contributed by atoms with Crippen LogP contribution in [0.3, 0.4) is 0 Å². The van der Waals surface area contributed by atoms with Gasteiger partial charge in [0, 0.05) is 41.8 Å². The van der Waals surface area contributed by atoms with Crippen molar-refractivity contribution in [2.45, 2.75) is 69.5 Å². The Bertz CT molecular complexity index is 1940. The highest BCUT2D eigenvalue weighted by molar-refractivity contribution is 6.23. The summed E-state index contributed by atoms with van der Waals surface area (Å²) in [7, 11) is 0. The fourth-order valence-electron chi connectivity index (χ4n) is 7.13. The van der Waals surface area contributed by atoms with E-state index in [1.807, 2.05) is 24.4 Å². The van der Waals surface area contributed by atoms with Crippen molar-refractivity contribution in [1.29, 1.82) is 0 Å². The highest BCUT2D eigenvalue weighted by Gasteiger charge is 2.44. The van der Waals surface area contributed by atoms with Gasteiger partial charge in [0.15, 0.2) is 0 Å². The molecule has 2 aliphatic carbocycles. The van der Waals surface area contributed by atoms with Crippen molar-refractivity contribution in [3.63, 3.8) is 0 Å². The van der Waals surface area contributed by atoms with Gasteiger partial charge in [0.2, 0.25) is 11.8 Å². The van der Waals surface area contributed by atoms with Crippen molar-refractivity contribution in [3.05, 3.63) is 65.1 Å². The lowest BCUT2D eigenvalue weighted by Gasteiger charge is -2.32. The van der Waals surface area contributed by atoms with Crippen molar-refractivity contribution in [2.75, 3.05) is 30.4 Å². The van der Waals surface area contributed by atoms with Crippen molar-refractivity contribution < 1.29 is 23.9 Å². The molecule has 1 aromatic heterocycles. The summed E-state index contributed by atoms with van der Waals surface area (Å²) in [5.74, 6) is -1.05. The first-order valence-corrected chi connectivity index (χ1v) is 17.5. The first-order valence-electron chi connectivity index (χ1n) is 17.5. The molecule has 2 saturated carbocycles. The van der Waals surface area contributed by atoms with Crippen LogP contribution in [0.15, 0.2) is 53.3 Å². The first kappa shape index (κ1) is 32.1. The third kappa shape index (κ3) is 6.45. The molecule has 258 valence electrons. The van der Waals surface area contributed by atoms with E-state index in [9.17, 15) is 19.2 Å². The Morgan fingerprint density at radius 3 is 2.56 bits per heavy atom. The van der Waals surface area contributed by atoms with Gasteiger partial charge in [-0.05, 0) is 93.2 Å². The summed E-state index contributed by atoms with van der Waals surface area (Å²) in [6, 6.07) is 10.7. The van der Waals surface area contributed by atoms with E-state index in [2.05, 4.69) is 16.0 Å². The molecule has 0 radical (unpaired) electrons. The molecule has 13 heteroatoms. The highest BCUT2D eigenvalue weighted by Crippen LogP contribution is 2.38. The molecule has 4 amide bonds. The number of carbonyl (C=O) groups excluding carboxylic acids is 4. The maximum absolute atomic E-state index is 13.1. The zero-order valence-electron chi connectivity index (χ0n) is 27.7. The fourth-order valence-corrected chi connectivity index (χ4v) is 7.13. The van der Waals surface area contributed by atoms with Gasteiger partial charge in [0.25, 0.3) is 11.8 Å². The zero-order valence-corrected chi connectivity index (χ0v) is 27.7. The predicted molar refractivity (Wildman–Crippen MR) is 187 cm³/mol. The average Bonchev–Trinajstić information content (AvgIpc) is 3.90. The van der Waals surface area contributed by atoms with Gasteiger partial charge in [-0.1, -0.05) is 0 Å². The smallest absolute Gasteiger partial charge is 0.262 e. The number of imide groups is 2. The molecule has 0 bridgehead atoms. The van der Waals surface area contributed by atoms with Crippen LogP contribution < -0.4 is 21.7 Å². The number of piperidine rings is 1. The molecule has 50 heavy (non-hydrogen) atoms. The Balaban J connectivity index is 0.825. The van der Waals surface area contributed by atoms with Crippen molar-refractivity contribution in [2.24, 2.45) is 22.6 Å². The summed E-state index contributed by atoms with van der Waals surface area (Å²) >= 11 is 0. The third-order valence-corrected chi connectivity index (χ3v) is 10.3. The summed E-state index contributed by atoms with van der Waals surface area (Å²) in [5, 5.41) is 9.05. The summed E-state index contributed by atoms with van der Waals surface area (Å²) in [4.78, 5) is 65.5. The van der Waals surface area contributed by atoms with Crippen LogP contribution in [-0.4, -0.2) is 82.6 Å². The van der Waals surface area contributed by atoms with Gasteiger partial charge < -0.3 is 21.1 Å². The number of nitrogens with zero attached hydrogens (tertiary/aromatic N) is 4. The third-order valence-electron chi connectivity index (χ3n) is 10.3. The molecule has 2 saturated heterocycles. The normalized spacial score (nSPS) is 24.2. The number of anilines is 2. The zero-order chi connectivity index (χ0) is 34.4. The molecule has 1 unspecified atom stereocenters. The average molecular weight is 677 g/mol. The second kappa shape index (κ2) is 13.3. The van der Waals surface area contributed by atoms with Gasteiger partial charge in [0.1, 0.15) is 6.04 Å². The monoisotopic (exact) mass is 676 g/mol. The Morgan fingerprint density at radius 1 is 1.00 bits per heavy atom. The number of rotatable bonds is 12. The van der Waals surface area contributed by atoms with E-state index in [4.69, 9.17) is 25.4 Å². The minimum Gasteiger partial charge on any atom is -0.401 e. The standard InChI is InChI=1S/C37H40N8O5/c38-34(21-3-4-21)28(31-17-41-30-15-23(6-8-29(30)43-31)42-25-18-50-19-25)16-40-24-12-20(13-24)2-1-11-39-22-5-7-26-27(14-22)37(49)45(36(26)48)32-9-10-33(46)44-35(32)47/h5-8,14-17,20-21,24-25,32,39,42H,1-4,9-13,18-19,38H2,(H,44,46,47). The first-order chi connectivity index (χ1) is 24.3. The number of hydrogen-bond acceptors (Lipinski definition) is 11. The van der Waals surface area contributed by atoms with E-state index < -0.39 is 29.7 Å². The lowest BCUT2D eigenvalue weighted by molar-refractivity contribution is -0.136. The molecule has 5 aliphatic rings. The Kier molecular flexibility index (Phi) is 8.51. The van der Waals surface area contributed by atoms with E-state index >= 15 is 0 Å². The van der Waals surface area contributed by atoms with E-state index in [0.29, 0.717) is 17.9 Å². The number of nitrogens with two attached hydrogens (primary N) is 1. The molecule has 3 aromatic rings. The highest BCUT2D eigenvalue weighted by atomic mass is 16.5. The number of fused-ring (bicyclic) bond motifs is 2. The molecule has 4 heterocycles. The number of nitrogens with one attached hydrogen (secondary N) is 3. The Hall–Kier alpha value is -5.17. The summed E-state index contributed by atoms with van der Waals surface area (Å²) in [6.07, 6.45) is 10.2. The van der Waals surface area contributed by atoms with Crippen LogP contribution in [0.5, 0.6) is 0 Å². The molecule has 5 N–H and O–H groups in total. The van der Waals surface area contributed by atoms with E-state index in [1.54, 1.807) is 24.4 Å². The quantitative estimate of drug-likeness (QED) is 0.126. The second-order valence-electron chi connectivity index (χ2n) is 14.0. The number of aliphatic imine (C=N–C) groups is 1. The van der Waals surface area contributed by atoms with E-state index in [0.717, 1.165) is 103 Å². The lowest BCUT2D eigenvalue weighted by atomic mass is 9.78. The van der Waals surface area contributed by atoms with Gasteiger partial charge in [0.05, 0.1) is 59.3 Å². The number of allylic oxidation sites excluding steroid dienone is 2. The van der Waals surface area contributed by atoms with Crippen LogP contribution in [-0.2, 0) is 14.3 Å². The van der Waals surface area contributed by atoms with Crippen molar-refractivity contribution in [1.82, 2.24) is 20.2 Å². The van der Waals surface area contributed by atoms with Gasteiger partial charge in [-0.15, -0.1) is 0 Å². The Morgan fingerprint density at radius 2 is 1.80 bits per heavy atom. The molecule has 1 atom stereocenters. The van der Waals surface area contributed by atoms with Crippen LogP contribution in [0, 0.1) is 11.8 Å². The van der Waals surface area contributed by atoms with Gasteiger partial charge in [-0.25, -0.2) is 4.98 Å². The number of amides is 4. The Labute approximate surface area is 289 Å². The van der Waals surface area contributed by atoms with Crippen LogP contribution in [0.25, 0.3) is 16.6 Å². The second-order valence-corrected chi connectivity index (χ2v) is 14.0. The van der Waals surface area contributed by atoms with Crippen LogP contribution in [0.4, 0.5) is 11.4 Å². The minimum atomic E-state index is -0.970. The maximum atomic E-state index is 13.1. The molecule has 13 nitrogen and oxygen atoms in total. The SMILES string of the molecule is NC(=C(C=NC1CC(CCCNc2ccc3c(c2)C(=O)N(C2CCC(=O)NC2=O)C3=O)C1)c1cnc2cc(NC3COC3)ccc2n1)C1CC1. The summed E-state index contributed by atoms with van der Waals surface area (Å²) in [6.45, 7) is 2.16. The fraction of sp³-hybridized carbons (Fsp3) is 0.432. The summed E-state index contributed by atoms with van der Waals surface area (Å²) < 4.78 is 5.26. The van der Waals surface area contributed by atoms with Gasteiger partial charge in [-0.2, -0.15) is 0 Å². The number of ether oxygens (including phenoxy) is 1. The van der Waals surface area contributed by atoms with Crippen LogP contribution in [0.1, 0.15) is 77.8 Å². The largest absolute Gasteiger partial charge is 0.401 e. The molecule has 2 aromatic carbocycles. The van der Waals surface area contributed by atoms with Gasteiger partial charge >= 0.3 is 0 Å². The molecular weight excluding hydrogens is 636 g/mol. The number of hydrogen-bond donors (Lipinski definition) is 4. The summed E-state index contributed by atoms with van der Waals surface area (Å²) in [5.41, 5.74) is 13.0. The topological polar surface area (TPSA) is 181 Å². The molecule has 4 fully saturated rings. The molecule has 0 spiro atoms. The number of benzene rings is 2. The van der Waals surface area contributed by atoms with Gasteiger partial charge in [-0.3, -0.25) is 39.4 Å². The molecule has 8 rings (SSSR count). The lowest BCUT2D eigenvalue weighted by Crippen LogP contribution is -2.54. The van der Waals surface area contributed by atoms with Crippen molar-refractivity contribution in [3.8, 4) is 0 Å². The number of aromatic nitrogens is 2. The molecular formula is C37H40N8O5. The maximum Gasteiger partial charge on any atom is 0.262 e. The number of carbonyl (C=O) groups is 4. The minimum absolute atomic E-state index is 0.0923. The predicted octanol–water partition coefficient (Wildman–Crippen LogP) is 3.66. The van der Waals surface area contributed by atoms with E-state index in [-0.39, 0.29) is 30.0 Å². The van der Waals surface area contributed by atoms with E-state index in [1.165, 1.54) is 0 Å².